The van der Waals surface area contributed by atoms with Crippen LogP contribution in [-0.2, 0) is 0 Å². The highest BCUT2D eigenvalue weighted by atomic mass is 16.2. The topological polar surface area (TPSA) is 131 Å². The summed E-state index contributed by atoms with van der Waals surface area (Å²) in [4.78, 5) is 37.0. The summed E-state index contributed by atoms with van der Waals surface area (Å²) < 4.78 is 0. The molecule has 0 spiro atoms. The monoisotopic (exact) mass is 286 g/mol. The highest BCUT2D eigenvalue weighted by Crippen LogP contribution is 2.19. The summed E-state index contributed by atoms with van der Waals surface area (Å²) in [5, 5.41) is 2.64. The molecular weight excluding hydrogens is 272 g/mol. The van der Waals surface area contributed by atoms with Gasteiger partial charge in [0.25, 0.3) is 5.91 Å². The number of benzene rings is 1. The number of carbonyl (C=O) groups is 3. The summed E-state index contributed by atoms with van der Waals surface area (Å²) in [5.41, 5.74) is 12.1. The van der Waals surface area contributed by atoms with Crippen LogP contribution in [0.5, 0.6) is 0 Å². The van der Waals surface area contributed by atoms with Crippen molar-refractivity contribution in [3.8, 4) is 0 Å². The predicted octanol–water partition coefficient (Wildman–Crippen LogP) is 0.773. The van der Waals surface area contributed by atoms with Gasteiger partial charge in [-0.3, -0.25) is 14.4 Å². The van der Waals surface area contributed by atoms with Crippen molar-refractivity contribution >= 4 is 23.4 Å². The van der Waals surface area contributed by atoms with E-state index in [1.807, 2.05) is 0 Å². The van der Waals surface area contributed by atoms with Gasteiger partial charge in [0.1, 0.15) is 5.69 Å². The molecule has 0 unspecified atom stereocenters. The number of amides is 3. The number of aromatic nitrogens is 1. The largest absolute Gasteiger partial charge is 0.366 e. The molecule has 108 valence electrons. The number of H-pyrrole nitrogens is 1. The molecule has 0 aliphatic heterocycles. The van der Waals surface area contributed by atoms with Crippen LogP contribution in [0.1, 0.15) is 36.8 Å². The van der Waals surface area contributed by atoms with E-state index in [4.69, 9.17) is 11.5 Å². The van der Waals surface area contributed by atoms with Gasteiger partial charge in [-0.2, -0.15) is 0 Å². The highest BCUT2D eigenvalue weighted by molar-refractivity contribution is 6.06. The molecule has 2 aromatic rings. The predicted molar refractivity (Wildman–Crippen MR) is 77.0 cm³/mol. The molecule has 0 saturated heterocycles. The van der Waals surface area contributed by atoms with Gasteiger partial charge in [-0.15, -0.1) is 0 Å². The number of nitrogens with one attached hydrogen (secondary N) is 2. The third-order valence-electron chi connectivity index (χ3n) is 3.06. The average Bonchev–Trinajstić information content (AvgIpc) is 2.90. The molecule has 0 atom stereocenters. The molecule has 1 aromatic heterocycles. The summed E-state index contributed by atoms with van der Waals surface area (Å²) >= 11 is 0. The first-order valence-electron chi connectivity index (χ1n) is 6.09. The molecule has 0 radical (unpaired) electrons. The molecule has 2 rings (SSSR count). The number of hydrogen-bond donors (Lipinski definition) is 4. The smallest absolute Gasteiger partial charge is 0.272 e. The molecule has 7 nitrogen and oxygen atoms in total. The fraction of sp³-hybridized carbons (Fsp3) is 0.0714. The van der Waals surface area contributed by atoms with Gasteiger partial charge >= 0.3 is 0 Å². The molecule has 21 heavy (non-hydrogen) atoms. The first kappa shape index (κ1) is 14.3. The zero-order chi connectivity index (χ0) is 15.6. The van der Waals surface area contributed by atoms with Crippen LogP contribution >= 0.6 is 0 Å². The lowest BCUT2D eigenvalue weighted by molar-refractivity contribution is 0.0990. The third kappa shape index (κ3) is 2.92. The second-order valence-electron chi connectivity index (χ2n) is 4.46. The minimum absolute atomic E-state index is 0.188. The zero-order valence-electron chi connectivity index (χ0n) is 11.3. The van der Waals surface area contributed by atoms with Crippen LogP contribution in [-0.4, -0.2) is 22.7 Å². The van der Waals surface area contributed by atoms with Crippen LogP contribution in [0.25, 0.3) is 0 Å². The van der Waals surface area contributed by atoms with E-state index >= 15 is 0 Å². The summed E-state index contributed by atoms with van der Waals surface area (Å²) in [5.74, 6) is -1.65. The van der Waals surface area contributed by atoms with E-state index in [1.54, 1.807) is 25.1 Å². The quantitative estimate of drug-likeness (QED) is 0.662. The highest BCUT2D eigenvalue weighted by Gasteiger charge is 2.14. The van der Waals surface area contributed by atoms with E-state index in [1.165, 1.54) is 12.3 Å². The Morgan fingerprint density at radius 1 is 1.14 bits per heavy atom. The Labute approximate surface area is 120 Å². The summed E-state index contributed by atoms with van der Waals surface area (Å²) in [6.45, 7) is 1.68. The maximum atomic E-state index is 12.1. The summed E-state index contributed by atoms with van der Waals surface area (Å²) in [6.07, 6.45) is 1.35. The van der Waals surface area contributed by atoms with Gasteiger partial charge in [0, 0.05) is 17.4 Å². The molecule has 0 fully saturated rings. The van der Waals surface area contributed by atoms with Crippen LogP contribution < -0.4 is 16.8 Å². The minimum atomic E-state index is -0.628. The van der Waals surface area contributed by atoms with E-state index in [0.717, 1.165) is 0 Å². The van der Waals surface area contributed by atoms with Crippen LogP contribution in [0.4, 0.5) is 5.69 Å². The van der Waals surface area contributed by atoms with E-state index in [0.29, 0.717) is 16.8 Å². The van der Waals surface area contributed by atoms with Gasteiger partial charge in [0.15, 0.2) is 0 Å². The number of carbonyl (C=O) groups excluding carboxylic acids is 3. The lowest BCUT2D eigenvalue weighted by atomic mass is 10.1. The number of rotatable bonds is 4. The zero-order valence-corrected chi connectivity index (χ0v) is 11.3. The molecule has 1 heterocycles. The molecule has 0 aliphatic rings. The Kier molecular flexibility index (Phi) is 3.75. The average molecular weight is 286 g/mol. The normalized spacial score (nSPS) is 10.1. The minimum Gasteiger partial charge on any atom is -0.366 e. The third-order valence-corrected chi connectivity index (χ3v) is 3.06. The molecule has 0 saturated carbocycles. The molecule has 1 aromatic carbocycles. The Hall–Kier alpha value is -3.09. The first-order chi connectivity index (χ1) is 9.90. The van der Waals surface area contributed by atoms with Crippen molar-refractivity contribution in [2.75, 3.05) is 5.32 Å². The number of hydrogen-bond acceptors (Lipinski definition) is 3. The van der Waals surface area contributed by atoms with Crippen molar-refractivity contribution in [1.82, 2.24) is 4.98 Å². The first-order valence-corrected chi connectivity index (χ1v) is 6.09. The Morgan fingerprint density at radius 2 is 1.86 bits per heavy atom. The fourth-order valence-corrected chi connectivity index (χ4v) is 1.90. The van der Waals surface area contributed by atoms with Crippen molar-refractivity contribution < 1.29 is 14.4 Å². The van der Waals surface area contributed by atoms with Gasteiger partial charge in [-0.25, -0.2) is 0 Å². The number of primary amides is 2. The van der Waals surface area contributed by atoms with Crippen LogP contribution in [0.15, 0.2) is 30.5 Å². The summed E-state index contributed by atoms with van der Waals surface area (Å²) in [6, 6.07) is 6.20. The van der Waals surface area contributed by atoms with E-state index in [-0.39, 0.29) is 11.3 Å². The van der Waals surface area contributed by atoms with Crippen LogP contribution in [0.2, 0.25) is 0 Å². The van der Waals surface area contributed by atoms with Crippen molar-refractivity contribution in [1.29, 1.82) is 0 Å². The van der Waals surface area contributed by atoms with Gasteiger partial charge in [-0.05, 0) is 30.7 Å². The molecular formula is C14H14N4O3. The Bertz CT molecular complexity index is 734. The van der Waals surface area contributed by atoms with E-state index in [9.17, 15) is 14.4 Å². The summed E-state index contributed by atoms with van der Waals surface area (Å²) in [7, 11) is 0. The number of aromatic amines is 1. The molecule has 3 amide bonds. The molecule has 0 aliphatic carbocycles. The van der Waals surface area contributed by atoms with E-state index < -0.39 is 17.7 Å². The van der Waals surface area contributed by atoms with Gasteiger partial charge in [-0.1, -0.05) is 6.07 Å². The van der Waals surface area contributed by atoms with Gasteiger partial charge in [0.05, 0.1) is 5.56 Å². The van der Waals surface area contributed by atoms with E-state index in [2.05, 4.69) is 10.3 Å². The van der Waals surface area contributed by atoms with Crippen LogP contribution in [0.3, 0.4) is 0 Å². The Morgan fingerprint density at radius 3 is 2.43 bits per heavy atom. The maximum absolute atomic E-state index is 12.1. The second kappa shape index (κ2) is 5.49. The van der Waals surface area contributed by atoms with Crippen molar-refractivity contribution in [3.05, 3.63) is 52.8 Å². The molecule has 6 N–H and O–H groups in total. The SMILES string of the molecule is Cc1c(NC(=O)c2cc(C(N)=O)c[nH]2)cccc1C(N)=O. The lowest BCUT2D eigenvalue weighted by Crippen LogP contribution is -2.17. The standard InChI is InChI=1S/C14H14N4O3/c1-7-9(13(16)20)3-2-4-10(7)18-14(21)11-5-8(6-17-11)12(15)19/h2-6,17H,1H3,(H2,15,19)(H2,16,20)(H,18,21). The number of anilines is 1. The van der Waals surface area contributed by atoms with Gasteiger partial charge < -0.3 is 21.8 Å². The van der Waals surface area contributed by atoms with Crippen LogP contribution in [0, 0.1) is 6.92 Å². The second-order valence-corrected chi connectivity index (χ2v) is 4.46. The van der Waals surface area contributed by atoms with Crippen molar-refractivity contribution in [2.24, 2.45) is 11.5 Å². The van der Waals surface area contributed by atoms with Crippen molar-refractivity contribution in [2.45, 2.75) is 6.92 Å². The van der Waals surface area contributed by atoms with Gasteiger partial charge in [0.2, 0.25) is 11.8 Å². The number of nitrogens with two attached hydrogens (primary N) is 2. The maximum Gasteiger partial charge on any atom is 0.272 e. The van der Waals surface area contributed by atoms with Crippen molar-refractivity contribution in [3.63, 3.8) is 0 Å². The molecule has 0 bridgehead atoms. The lowest BCUT2D eigenvalue weighted by Gasteiger charge is -2.10. The Balaban J connectivity index is 2.25. The fourth-order valence-electron chi connectivity index (χ4n) is 1.90. The molecule has 7 heteroatoms.